The molecule has 0 aliphatic heterocycles. The molecule has 0 saturated carbocycles. The van der Waals surface area contributed by atoms with Crippen LogP contribution in [0.15, 0.2) is 0 Å². The van der Waals surface area contributed by atoms with Crippen LogP contribution in [0.5, 0.6) is 0 Å². The second-order valence-corrected chi connectivity index (χ2v) is 0. The molecule has 0 rings (SSSR count). The third-order valence-electron chi connectivity index (χ3n) is 0. The quantitative estimate of drug-likeness (QED) is 0.229. The van der Waals surface area contributed by atoms with E-state index in [2.05, 4.69) is 0 Å². The molecule has 0 aromatic carbocycles. The summed E-state index contributed by atoms with van der Waals surface area (Å²) in [5.41, 5.74) is 0. The van der Waals surface area contributed by atoms with E-state index in [1.165, 1.54) is 0 Å². The van der Waals surface area contributed by atoms with Gasteiger partial charge < -0.3 is 13.5 Å². The maximum absolute atomic E-state index is 0. The second-order valence-electron chi connectivity index (χ2n) is 0. The normalized spacial score (nSPS) is 0. The van der Waals surface area contributed by atoms with Crippen molar-refractivity contribution in [3.05, 3.63) is 0 Å². The topological polar surface area (TPSA) is 0 Å². The molecule has 0 fully saturated rings. The molecule has 0 bridgehead atoms. The van der Waals surface area contributed by atoms with Crippen LogP contribution in [0, 0.1) is 0 Å². The first-order chi connectivity index (χ1) is 0. The van der Waals surface area contributed by atoms with Crippen LogP contribution in [0.4, 0.5) is 0 Å². The second kappa shape index (κ2) is 21.1. The molecule has 0 aromatic rings. The Kier molecular flexibility index (Phi) is 214. The Morgan fingerprint density at radius 3 is 0.750 bits per heavy atom. The summed E-state index contributed by atoms with van der Waals surface area (Å²) in [6.45, 7) is 0. The Hall–Kier alpha value is 1.83. The van der Waals surface area contributed by atoms with Crippen molar-refractivity contribution in [3.63, 3.8) is 0 Å². The summed E-state index contributed by atoms with van der Waals surface area (Å²) in [5, 5.41) is 0. The minimum absolute atomic E-state index is 0. The van der Waals surface area contributed by atoms with Gasteiger partial charge in [0, 0.05) is 19.5 Å². The van der Waals surface area contributed by atoms with Crippen molar-refractivity contribution in [3.8, 4) is 0 Å². The maximum Gasteiger partial charge on any atom is 0 e. The third-order valence-corrected chi connectivity index (χ3v) is 0. The van der Waals surface area contributed by atoms with Crippen LogP contribution in [0.3, 0.4) is 0 Å². The Labute approximate surface area is 52.9 Å². The van der Waals surface area contributed by atoms with E-state index >= 15 is 0 Å². The monoisotopic (exact) mass is 204 g/mol. The molecule has 0 N–H and O–H groups in total. The molecular weight excluding hydrogens is 197 g/mol. The van der Waals surface area contributed by atoms with Crippen LogP contribution >= 0.6 is 19.8 Å². The SMILES string of the molecule is P.P.[Rh].[SH-]. The maximum atomic E-state index is 0. The van der Waals surface area contributed by atoms with Crippen molar-refractivity contribution in [1.82, 2.24) is 0 Å². The molecule has 2 unspecified atom stereocenters. The van der Waals surface area contributed by atoms with Crippen molar-refractivity contribution in [2.75, 3.05) is 0 Å². The van der Waals surface area contributed by atoms with Gasteiger partial charge in [0.25, 0.3) is 0 Å². The molecule has 1 radical (unpaired) electrons. The minimum atomic E-state index is 0. The largest absolute Gasteiger partial charge is 0.813 e. The van der Waals surface area contributed by atoms with E-state index in [9.17, 15) is 0 Å². The van der Waals surface area contributed by atoms with E-state index in [0.717, 1.165) is 0 Å². The van der Waals surface area contributed by atoms with Gasteiger partial charge in [-0.1, -0.05) is 0 Å². The summed E-state index contributed by atoms with van der Waals surface area (Å²) in [7, 11) is 0. The van der Waals surface area contributed by atoms with E-state index in [1.54, 1.807) is 0 Å². The van der Waals surface area contributed by atoms with Gasteiger partial charge in [-0.15, -0.1) is 0 Å². The molecule has 4 heteroatoms. The van der Waals surface area contributed by atoms with Crippen LogP contribution in [-0.2, 0) is 33.0 Å². The molecule has 0 nitrogen and oxygen atoms in total. The zero-order chi connectivity index (χ0) is 0. The molecule has 33 valence electrons. The summed E-state index contributed by atoms with van der Waals surface area (Å²) in [6.07, 6.45) is 0. The predicted molar refractivity (Wildman–Crippen MR) is 31.0 cm³/mol. The molecule has 0 saturated heterocycles. The van der Waals surface area contributed by atoms with Crippen molar-refractivity contribution < 1.29 is 19.5 Å². The molecule has 0 amide bonds. The summed E-state index contributed by atoms with van der Waals surface area (Å²) in [6, 6.07) is 0. The zero-order valence-corrected chi connectivity index (χ0v) is 7.56. The van der Waals surface area contributed by atoms with Crippen LogP contribution in [-0.4, -0.2) is 0 Å². The van der Waals surface area contributed by atoms with Gasteiger partial charge in [0.1, 0.15) is 0 Å². The predicted octanol–water partition coefficient (Wildman–Crippen LogP) is -0.156. The first kappa shape index (κ1) is 40.5. The van der Waals surface area contributed by atoms with Gasteiger partial charge in [-0.3, -0.25) is 0 Å². The average Bonchev–Trinajstić information content (AvgIpc) is 0. The molecular formula is H7P2RhS-. The molecule has 0 aromatic heterocycles. The summed E-state index contributed by atoms with van der Waals surface area (Å²) in [4.78, 5) is 0. The van der Waals surface area contributed by atoms with Crippen LogP contribution < -0.4 is 0 Å². The summed E-state index contributed by atoms with van der Waals surface area (Å²) in [5.74, 6) is 0. The van der Waals surface area contributed by atoms with E-state index in [-0.39, 0.29) is 52.8 Å². The summed E-state index contributed by atoms with van der Waals surface area (Å²) >= 11 is 0. The number of rotatable bonds is 0. The number of hydrogen-bond donors (Lipinski definition) is 0. The van der Waals surface area contributed by atoms with Crippen LogP contribution in [0.2, 0.25) is 0 Å². The summed E-state index contributed by atoms with van der Waals surface area (Å²) < 4.78 is 0. The number of thiol groups is 1. The molecule has 0 spiro atoms. The zero-order valence-electron chi connectivity index (χ0n) is 2.19. The smallest absolute Gasteiger partial charge is 0 e. The van der Waals surface area contributed by atoms with E-state index in [4.69, 9.17) is 0 Å². The molecule has 0 aliphatic carbocycles. The average molecular weight is 204 g/mol. The fourth-order valence-corrected chi connectivity index (χ4v) is 0. The van der Waals surface area contributed by atoms with Gasteiger partial charge in [0.05, 0.1) is 0 Å². The van der Waals surface area contributed by atoms with Gasteiger partial charge in [0.15, 0.2) is 0 Å². The van der Waals surface area contributed by atoms with Gasteiger partial charge in [0.2, 0.25) is 0 Å². The Bertz CT molecular complexity index is 6.00. The molecule has 0 heterocycles. The molecule has 2 atom stereocenters. The van der Waals surface area contributed by atoms with Gasteiger partial charge in [-0.05, 0) is 0 Å². The van der Waals surface area contributed by atoms with Gasteiger partial charge in [-0.25, -0.2) is 0 Å². The Morgan fingerprint density at radius 2 is 0.750 bits per heavy atom. The van der Waals surface area contributed by atoms with Gasteiger partial charge in [-0.2, -0.15) is 19.8 Å². The Balaban J connectivity index is 0. The fourth-order valence-electron chi connectivity index (χ4n) is 0. The standard InChI is InChI=1S/2H3P.Rh.H2S/h2*1H3;;1H2/p-1. The number of hydrogen-bond acceptors (Lipinski definition) is 1. The minimum Gasteiger partial charge on any atom is -0.813 e. The van der Waals surface area contributed by atoms with E-state index < -0.39 is 0 Å². The van der Waals surface area contributed by atoms with Crippen molar-refractivity contribution in [2.45, 2.75) is 0 Å². The first-order valence-electron chi connectivity index (χ1n) is 0. The van der Waals surface area contributed by atoms with Crippen molar-refractivity contribution in [1.29, 1.82) is 0 Å². The van der Waals surface area contributed by atoms with E-state index in [1.807, 2.05) is 0 Å². The van der Waals surface area contributed by atoms with Gasteiger partial charge >= 0.3 is 0 Å². The first-order valence-corrected chi connectivity index (χ1v) is 0. The van der Waals surface area contributed by atoms with E-state index in [0.29, 0.717) is 0 Å². The van der Waals surface area contributed by atoms with Crippen molar-refractivity contribution in [2.24, 2.45) is 0 Å². The third kappa shape index (κ3) is 9.16. The molecule has 0 aliphatic rings. The van der Waals surface area contributed by atoms with Crippen LogP contribution in [0.1, 0.15) is 0 Å². The van der Waals surface area contributed by atoms with Crippen molar-refractivity contribution >= 4 is 33.3 Å². The Morgan fingerprint density at radius 1 is 0.750 bits per heavy atom. The van der Waals surface area contributed by atoms with Crippen LogP contribution in [0.25, 0.3) is 0 Å². The molecule has 4 heavy (non-hydrogen) atoms. The fraction of sp³-hybridized carbons (Fsp3) is 0.